The van der Waals surface area contributed by atoms with E-state index >= 15 is 0 Å². The molecule has 0 radical (unpaired) electrons. The zero-order valence-corrected chi connectivity index (χ0v) is 9.68. The van der Waals surface area contributed by atoms with Crippen LogP contribution in [-0.4, -0.2) is 10.1 Å². The van der Waals surface area contributed by atoms with E-state index in [2.05, 4.69) is 10.1 Å². The van der Waals surface area contributed by atoms with Crippen LogP contribution in [0.1, 0.15) is 11.7 Å². The molecule has 0 fully saturated rings. The lowest BCUT2D eigenvalue weighted by atomic mass is 10.4. The lowest BCUT2D eigenvalue weighted by Gasteiger charge is -2.00. The summed E-state index contributed by atoms with van der Waals surface area (Å²) >= 11 is 7.61. The molecule has 5 heteroatoms. The molecule has 0 bridgehead atoms. The molecule has 2 aromatic rings. The fourth-order valence-electron chi connectivity index (χ4n) is 1.10. The lowest BCUT2D eigenvalue weighted by molar-refractivity contribution is 0.389. The second-order valence-corrected chi connectivity index (χ2v) is 4.37. The first-order valence-corrected chi connectivity index (χ1v) is 5.78. The Morgan fingerprint density at radius 1 is 1.40 bits per heavy atom. The zero-order valence-electron chi connectivity index (χ0n) is 8.11. The first-order valence-electron chi connectivity index (χ1n) is 4.42. The predicted molar refractivity (Wildman–Crippen MR) is 60.0 cm³/mol. The largest absolute Gasteiger partial charge is 0.340 e. The van der Waals surface area contributed by atoms with Gasteiger partial charge in [0.2, 0.25) is 5.89 Å². The standard InChI is InChI=1S/C10H9ClN2OS/c1-7-12-10(13-14-7)6-15-9-5-3-2-4-8(9)11/h2-5H,6H2,1H3. The highest BCUT2D eigenvalue weighted by molar-refractivity contribution is 7.98. The van der Waals surface area contributed by atoms with Gasteiger partial charge in [-0.3, -0.25) is 0 Å². The Labute approximate surface area is 96.8 Å². The first kappa shape index (κ1) is 10.5. The Balaban J connectivity index is 2.02. The maximum Gasteiger partial charge on any atom is 0.223 e. The highest BCUT2D eigenvalue weighted by Gasteiger charge is 2.04. The lowest BCUT2D eigenvalue weighted by Crippen LogP contribution is -1.84. The summed E-state index contributed by atoms with van der Waals surface area (Å²) in [5.74, 6) is 1.95. The van der Waals surface area contributed by atoms with Crippen LogP contribution in [0, 0.1) is 6.92 Å². The fourth-order valence-corrected chi connectivity index (χ4v) is 2.19. The Hall–Kier alpha value is -1.00. The normalized spacial score (nSPS) is 10.5. The van der Waals surface area contributed by atoms with E-state index in [1.165, 1.54) is 0 Å². The third-order valence-electron chi connectivity index (χ3n) is 1.76. The molecule has 3 nitrogen and oxygen atoms in total. The molecule has 15 heavy (non-hydrogen) atoms. The van der Waals surface area contributed by atoms with E-state index in [9.17, 15) is 0 Å². The number of aryl methyl sites for hydroxylation is 1. The number of aromatic nitrogens is 2. The Morgan fingerprint density at radius 2 is 2.20 bits per heavy atom. The van der Waals surface area contributed by atoms with Gasteiger partial charge in [-0.1, -0.05) is 28.9 Å². The number of nitrogens with zero attached hydrogens (tertiary/aromatic N) is 2. The molecule has 0 amide bonds. The topological polar surface area (TPSA) is 38.9 Å². The van der Waals surface area contributed by atoms with Crippen LogP contribution in [-0.2, 0) is 5.75 Å². The Kier molecular flexibility index (Phi) is 3.28. The van der Waals surface area contributed by atoms with E-state index in [0.717, 1.165) is 9.92 Å². The molecule has 0 spiro atoms. The summed E-state index contributed by atoms with van der Waals surface area (Å²) in [6, 6.07) is 7.70. The molecule has 0 saturated carbocycles. The molecule has 1 aromatic heterocycles. The van der Waals surface area contributed by atoms with Crippen LogP contribution < -0.4 is 0 Å². The molecule has 0 aliphatic heterocycles. The van der Waals surface area contributed by atoms with Crippen molar-refractivity contribution in [1.82, 2.24) is 10.1 Å². The van der Waals surface area contributed by atoms with Gasteiger partial charge in [0.05, 0.1) is 10.8 Å². The number of hydrogen-bond donors (Lipinski definition) is 0. The van der Waals surface area contributed by atoms with Crippen LogP contribution in [0.3, 0.4) is 0 Å². The van der Waals surface area contributed by atoms with Crippen molar-refractivity contribution in [1.29, 1.82) is 0 Å². The molecule has 1 heterocycles. The van der Waals surface area contributed by atoms with Crippen molar-refractivity contribution in [2.24, 2.45) is 0 Å². The van der Waals surface area contributed by atoms with E-state index in [4.69, 9.17) is 16.1 Å². The van der Waals surface area contributed by atoms with Crippen molar-refractivity contribution in [3.63, 3.8) is 0 Å². The summed E-state index contributed by atoms with van der Waals surface area (Å²) in [6.45, 7) is 1.77. The summed E-state index contributed by atoms with van der Waals surface area (Å²) in [5, 5.41) is 4.56. The Bertz CT molecular complexity index is 458. The van der Waals surface area contributed by atoms with Crippen LogP contribution in [0.5, 0.6) is 0 Å². The smallest absolute Gasteiger partial charge is 0.223 e. The third kappa shape index (κ3) is 2.73. The molecular weight excluding hydrogens is 232 g/mol. The second-order valence-electron chi connectivity index (χ2n) is 2.95. The van der Waals surface area contributed by atoms with Gasteiger partial charge in [0, 0.05) is 11.8 Å². The number of rotatable bonds is 3. The van der Waals surface area contributed by atoms with Crippen molar-refractivity contribution < 1.29 is 4.52 Å². The monoisotopic (exact) mass is 240 g/mol. The molecule has 1 aromatic carbocycles. The maximum absolute atomic E-state index is 6.01. The molecule has 0 unspecified atom stereocenters. The average molecular weight is 241 g/mol. The van der Waals surface area contributed by atoms with Crippen molar-refractivity contribution in [2.45, 2.75) is 17.6 Å². The Morgan fingerprint density at radius 3 is 2.87 bits per heavy atom. The van der Waals surface area contributed by atoms with Gasteiger partial charge < -0.3 is 4.52 Å². The molecule has 0 N–H and O–H groups in total. The van der Waals surface area contributed by atoms with Crippen LogP contribution >= 0.6 is 23.4 Å². The molecule has 0 aliphatic carbocycles. The average Bonchev–Trinajstić information content (AvgIpc) is 2.63. The molecule has 0 saturated heterocycles. The summed E-state index contributed by atoms with van der Waals surface area (Å²) < 4.78 is 4.88. The molecule has 78 valence electrons. The summed E-state index contributed by atoms with van der Waals surface area (Å²) in [5.41, 5.74) is 0. The van der Waals surface area contributed by atoms with Gasteiger partial charge in [-0.25, -0.2) is 0 Å². The molecule has 2 rings (SSSR count). The van der Waals surface area contributed by atoms with E-state index in [1.54, 1.807) is 18.7 Å². The minimum absolute atomic E-state index is 0.588. The van der Waals surface area contributed by atoms with Gasteiger partial charge in [-0.15, -0.1) is 11.8 Å². The van der Waals surface area contributed by atoms with Crippen LogP contribution in [0.15, 0.2) is 33.7 Å². The maximum atomic E-state index is 6.01. The van der Waals surface area contributed by atoms with Crippen molar-refractivity contribution in [3.05, 3.63) is 41.0 Å². The van der Waals surface area contributed by atoms with Gasteiger partial charge in [-0.2, -0.15) is 4.98 Å². The van der Waals surface area contributed by atoms with Crippen molar-refractivity contribution >= 4 is 23.4 Å². The van der Waals surface area contributed by atoms with Crippen LogP contribution in [0.25, 0.3) is 0 Å². The SMILES string of the molecule is Cc1nc(CSc2ccccc2Cl)no1. The second kappa shape index (κ2) is 4.68. The number of thioether (sulfide) groups is 1. The number of halogens is 1. The molecule has 0 aliphatic rings. The highest BCUT2D eigenvalue weighted by Crippen LogP contribution is 2.28. The molecular formula is C10H9ClN2OS. The summed E-state index contributed by atoms with van der Waals surface area (Å²) in [6.07, 6.45) is 0. The zero-order chi connectivity index (χ0) is 10.7. The van der Waals surface area contributed by atoms with Gasteiger partial charge in [0.15, 0.2) is 5.82 Å². The third-order valence-corrected chi connectivity index (χ3v) is 3.27. The first-order chi connectivity index (χ1) is 7.25. The van der Waals surface area contributed by atoms with Crippen molar-refractivity contribution in [2.75, 3.05) is 0 Å². The quantitative estimate of drug-likeness (QED) is 0.772. The number of benzene rings is 1. The minimum atomic E-state index is 0.588. The summed E-state index contributed by atoms with van der Waals surface area (Å²) in [7, 11) is 0. The van der Waals surface area contributed by atoms with Crippen LogP contribution in [0.4, 0.5) is 0 Å². The van der Waals surface area contributed by atoms with Gasteiger partial charge >= 0.3 is 0 Å². The van der Waals surface area contributed by atoms with E-state index < -0.39 is 0 Å². The minimum Gasteiger partial charge on any atom is -0.340 e. The van der Waals surface area contributed by atoms with Gasteiger partial charge in [0.1, 0.15) is 0 Å². The number of hydrogen-bond acceptors (Lipinski definition) is 4. The van der Waals surface area contributed by atoms with E-state index in [-0.39, 0.29) is 0 Å². The van der Waals surface area contributed by atoms with Gasteiger partial charge in [0.25, 0.3) is 0 Å². The van der Waals surface area contributed by atoms with Gasteiger partial charge in [-0.05, 0) is 12.1 Å². The van der Waals surface area contributed by atoms with E-state index in [0.29, 0.717) is 17.5 Å². The highest BCUT2D eigenvalue weighted by atomic mass is 35.5. The summed E-state index contributed by atoms with van der Waals surface area (Å²) in [4.78, 5) is 5.14. The fraction of sp³-hybridized carbons (Fsp3) is 0.200. The van der Waals surface area contributed by atoms with Crippen molar-refractivity contribution in [3.8, 4) is 0 Å². The van der Waals surface area contributed by atoms with E-state index in [1.807, 2.05) is 24.3 Å². The van der Waals surface area contributed by atoms with Crippen LogP contribution in [0.2, 0.25) is 5.02 Å². The predicted octanol–water partition coefficient (Wildman–Crippen LogP) is 3.32. The molecule has 0 atom stereocenters.